The van der Waals surface area contributed by atoms with Gasteiger partial charge in [0.2, 0.25) is 0 Å². The van der Waals surface area contributed by atoms with Crippen LogP contribution in [0.3, 0.4) is 0 Å². The van der Waals surface area contributed by atoms with Gasteiger partial charge in [0.15, 0.2) is 12.1 Å². The molecule has 4 heteroatoms. The molecule has 1 aromatic carbocycles. The minimum absolute atomic E-state index is 0.0226. The van der Waals surface area contributed by atoms with Gasteiger partial charge in [-0.05, 0) is 12.1 Å². The molecule has 92 valence electrons. The van der Waals surface area contributed by atoms with Crippen molar-refractivity contribution in [2.45, 2.75) is 12.7 Å². The van der Waals surface area contributed by atoms with Crippen LogP contribution >= 0.6 is 0 Å². The van der Waals surface area contributed by atoms with E-state index in [0.717, 1.165) is 10.9 Å². The zero-order valence-corrected chi connectivity index (χ0v) is 9.83. The van der Waals surface area contributed by atoms with Crippen LogP contribution in [0.5, 0.6) is 0 Å². The summed E-state index contributed by atoms with van der Waals surface area (Å²) in [6.07, 6.45) is 1.59. The molecule has 0 spiro atoms. The molecule has 0 N–H and O–H groups in total. The molecule has 1 saturated heterocycles. The molecule has 2 aromatic rings. The molecule has 1 aliphatic rings. The van der Waals surface area contributed by atoms with Gasteiger partial charge in [0.05, 0.1) is 25.2 Å². The summed E-state index contributed by atoms with van der Waals surface area (Å²) in [4.78, 5) is 16.3. The highest BCUT2D eigenvalue weighted by Gasteiger charge is 2.20. The van der Waals surface area contributed by atoms with Gasteiger partial charge in [-0.25, -0.2) is 0 Å². The molecule has 18 heavy (non-hydrogen) atoms. The Balaban J connectivity index is 1.82. The fourth-order valence-corrected chi connectivity index (χ4v) is 2.03. The Morgan fingerprint density at radius 2 is 2.11 bits per heavy atom. The molecule has 0 saturated carbocycles. The Morgan fingerprint density at radius 3 is 2.94 bits per heavy atom. The van der Waals surface area contributed by atoms with Crippen molar-refractivity contribution in [2.24, 2.45) is 0 Å². The van der Waals surface area contributed by atoms with Crippen LogP contribution in [0.2, 0.25) is 0 Å². The summed E-state index contributed by atoms with van der Waals surface area (Å²) in [7, 11) is 0. The first-order valence-corrected chi connectivity index (χ1v) is 5.94. The summed E-state index contributed by atoms with van der Waals surface area (Å²) in [6.45, 7) is 1.13. The van der Waals surface area contributed by atoms with Crippen molar-refractivity contribution in [3.63, 3.8) is 0 Å². The van der Waals surface area contributed by atoms with Crippen LogP contribution in [0.15, 0.2) is 36.5 Å². The summed E-state index contributed by atoms with van der Waals surface area (Å²) in [5.74, 6) is 0.0226. The van der Waals surface area contributed by atoms with Gasteiger partial charge in [0.25, 0.3) is 0 Å². The average Bonchev–Trinajstić information content (AvgIpc) is 2.91. The number of hydrogen-bond donors (Lipinski definition) is 0. The van der Waals surface area contributed by atoms with E-state index in [2.05, 4.69) is 4.98 Å². The maximum atomic E-state index is 12.1. The monoisotopic (exact) mass is 243 g/mol. The van der Waals surface area contributed by atoms with E-state index in [1.54, 1.807) is 6.20 Å². The van der Waals surface area contributed by atoms with Crippen molar-refractivity contribution < 1.29 is 14.3 Å². The number of pyridine rings is 1. The Bertz CT molecular complexity index is 576. The van der Waals surface area contributed by atoms with Crippen LogP contribution in [-0.4, -0.2) is 30.3 Å². The summed E-state index contributed by atoms with van der Waals surface area (Å²) >= 11 is 0. The molecule has 0 unspecified atom stereocenters. The zero-order chi connectivity index (χ0) is 12.4. The highest BCUT2D eigenvalue weighted by Crippen LogP contribution is 2.17. The molecular formula is C14H13NO3. The van der Waals surface area contributed by atoms with E-state index < -0.39 is 6.29 Å². The van der Waals surface area contributed by atoms with E-state index >= 15 is 0 Å². The van der Waals surface area contributed by atoms with Gasteiger partial charge < -0.3 is 9.47 Å². The lowest BCUT2D eigenvalue weighted by atomic mass is 10.1. The fraction of sp³-hybridized carbons (Fsp3) is 0.286. The van der Waals surface area contributed by atoms with Crippen LogP contribution in [0.25, 0.3) is 10.9 Å². The molecule has 1 fully saturated rings. The number of carbonyl (C=O) groups is 1. The third-order valence-corrected chi connectivity index (χ3v) is 2.97. The maximum Gasteiger partial charge on any atom is 0.168 e. The molecule has 0 amide bonds. The van der Waals surface area contributed by atoms with E-state index in [1.165, 1.54) is 0 Å². The first-order valence-electron chi connectivity index (χ1n) is 5.94. The molecule has 4 nitrogen and oxygen atoms in total. The predicted molar refractivity (Wildman–Crippen MR) is 66.4 cm³/mol. The van der Waals surface area contributed by atoms with Crippen LogP contribution in [0.4, 0.5) is 0 Å². The second-order valence-electron chi connectivity index (χ2n) is 4.21. The molecule has 1 aromatic heterocycles. The molecule has 3 rings (SSSR count). The minimum atomic E-state index is -0.392. The van der Waals surface area contributed by atoms with Gasteiger partial charge in [-0.2, -0.15) is 0 Å². The van der Waals surface area contributed by atoms with E-state index in [9.17, 15) is 4.79 Å². The number of carbonyl (C=O) groups excluding carboxylic acids is 1. The van der Waals surface area contributed by atoms with Crippen molar-refractivity contribution in [3.8, 4) is 0 Å². The second kappa shape index (κ2) is 4.84. The van der Waals surface area contributed by atoms with Gasteiger partial charge in [-0.15, -0.1) is 0 Å². The number of ketones is 1. The highest BCUT2D eigenvalue weighted by molar-refractivity contribution is 5.99. The van der Waals surface area contributed by atoms with E-state index in [0.29, 0.717) is 18.8 Å². The minimum Gasteiger partial charge on any atom is -0.350 e. The van der Waals surface area contributed by atoms with Gasteiger partial charge in [0.1, 0.15) is 0 Å². The van der Waals surface area contributed by atoms with Crippen LogP contribution in [0, 0.1) is 0 Å². The largest absolute Gasteiger partial charge is 0.350 e. The molecular weight excluding hydrogens is 230 g/mol. The Kier molecular flexibility index (Phi) is 3.04. The number of fused-ring (bicyclic) bond motifs is 1. The van der Waals surface area contributed by atoms with Crippen molar-refractivity contribution in [1.29, 1.82) is 0 Å². The Labute approximate surface area is 105 Å². The third kappa shape index (κ3) is 2.25. The van der Waals surface area contributed by atoms with Crippen LogP contribution in [0.1, 0.15) is 16.8 Å². The SMILES string of the molecule is O=C(CC1OCCO1)c1ccc2cccnc2c1. The molecule has 0 aliphatic carbocycles. The standard InChI is InChI=1S/C14H13NO3/c16-13(9-14-17-6-7-18-14)11-4-3-10-2-1-5-15-12(10)8-11/h1-5,8,14H,6-7,9H2. The molecule has 0 bridgehead atoms. The average molecular weight is 243 g/mol. The number of Topliss-reactive ketones (excluding diaryl/α,β-unsaturated/α-hetero) is 1. The fourth-order valence-electron chi connectivity index (χ4n) is 2.03. The topological polar surface area (TPSA) is 48.4 Å². The van der Waals surface area contributed by atoms with Gasteiger partial charge in [0, 0.05) is 17.1 Å². The molecule has 0 radical (unpaired) electrons. The van der Waals surface area contributed by atoms with Crippen LogP contribution in [-0.2, 0) is 9.47 Å². The zero-order valence-electron chi connectivity index (χ0n) is 9.83. The van der Waals surface area contributed by atoms with Crippen molar-refractivity contribution in [2.75, 3.05) is 13.2 Å². The number of nitrogens with zero attached hydrogens (tertiary/aromatic N) is 1. The summed E-state index contributed by atoms with van der Waals surface area (Å²) in [6, 6.07) is 9.39. The number of benzene rings is 1. The normalized spacial score (nSPS) is 16.2. The number of rotatable bonds is 3. The first-order chi connectivity index (χ1) is 8.83. The first kappa shape index (κ1) is 11.3. The van der Waals surface area contributed by atoms with E-state index in [1.807, 2.05) is 30.3 Å². The van der Waals surface area contributed by atoms with Crippen molar-refractivity contribution in [1.82, 2.24) is 4.98 Å². The quantitative estimate of drug-likeness (QED) is 0.775. The number of hydrogen-bond acceptors (Lipinski definition) is 4. The summed E-state index contributed by atoms with van der Waals surface area (Å²) in [5, 5.41) is 1.03. The Morgan fingerprint density at radius 1 is 1.28 bits per heavy atom. The van der Waals surface area contributed by atoms with Gasteiger partial charge in [-0.1, -0.05) is 18.2 Å². The molecule has 2 heterocycles. The lowest BCUT2D eigenvalue weighted by Crippen LogP contribution is -2.14. The smallest absolute Gasteiger partial charge is 0.168 e. The van der Waals surface area contributed by atoms with Crippen molar-refractivity contribution >= 4 is 16.7 Å². The predicted octanol–water partition coefficient (Wildman–Crippen LogP) is 2.18. The second-order valence-corrected chi connectivity index (χ2v) is 4.21. The van der Waals surface area contributed by atoms with E-state index in [-0.39, 0.29) is 12.2 Å². The third-order valence-electron chi connectivity index (χ3n) is 2.97. The number of aromatic nitrogens is 1. The summed E-state index contributed by atoms with van der Waals surface area (Å²) in [5.41, 5.74) is 1.48. The van der Waals surface area contributed by atoms with E-state index in [4.69, 9.17) is 9.47 Å². The van der Waals surface area contributed by atoms with Gasteiger partial charge >= 0.3 is 0 Å². The lowest BCUT2D eigenvalue weighted by Gasteiger charge is -2.08. The molecule has 1 aliphatic heterocycles. The highest BCUT2D eigenvalue weighted by atomic mass is 16.7. The Hall–Kier alpha value is -1.78. The lowest BCUT2D eigenvalue weighted by molar-refractivity contribution is -0.0407. The van der Waals surface area contributed by atoms with Crippen molar-refractivity contribution in [3.05, 3.63) is 42.1 Å². The number of ether oxygens (including phenoxy) is 2. The van der Waals surface area contributed by atoms with Gasteiger partial charge in [-0.3, -0.25) is 9.78 Å². The van der Waals surface area contributed by atoms with Crippen LogP contribution < -0.4 is 0 Å². The summed E-state index contributed by atoms with van der Waals surface area (Å²) < 4.78 is 10.5. The maximum absolute atomic E-state index is 12.1. The molecule has 0 atom stereocenters.